The Labute approximate surface area is 111 Å². The van der Waals surface area contributed by atoms with Gasteiger partial charge in [0.1, 0.15) is 6.04 Å². The van der Waals surface area contributed by atoms with Crippen molar-refractivity contribution in [3.63, 3.8) is 0 Å². The smallest absolute Gasteiger partial charge is 0.242 e. The average molecular weight is 266 g/mol. The fraction of sp³-hybridized carbons (Fsp3) is 0.538. The van der Waals surface area contributed by atoms with E-state index in [1.807, 2.05) is 6.07 Å². The zero-order valence-electron chi connectivity index (χ0n) is 10.1. The van der Waals surface area contributed by atoms with Crippen molar-refractivity contribution < 1.29 is 4.79 Å². The molecule has 1 saturated heterocycles. The molecule has 1 aromatic rings. The number of hydrogen-bond acceptors (Lipinski definition) is 3. The van der Waals surface area contributed by atoms with Crippen LogP contribution in [-0.2, 0) is 4.79 Å². The van der Waals surface area contributed by atoms with Gasteiger partial charge in [0.15, 0.2) is 0 Å². The SMILES string of the molecule is O=C(NC1CC1)C1CCCN1c1ccncc1Cl. The Kier molecular flexibility index (Phi) is 3.12. The maximum atomic E-state index is 12.2. The van der Waals surface area contributed by atoms with Crippen LogP contribution in [0.1, 0.15) is 25.7 Å². The zero-order valence-corrected chi connectivity index (χ0v) is 10.9. The van der Waals surface area contributed by atoms with Crippen LogP contribution in [0.4, 0.5) is 5.69 Å². The molecule has 18 heavy (non-hydrogen) atoms. The Balaban J connectivity index is 1.78. The van der Waals surface area contributed by atoms with Crippen molar-refractivity contribution >= 4 is 23.2 Å². The maximum Gasteiger partial charge on any atom is 0.242 e. The first-order valence-corrected chi connectivity index (χ1v) is 6.80. The van der Waals surface area contributed by atoms with Gasteiger partial charge in [0.05, 0.1) is 10.7 Å². The van der Waals surface area contributed by atoms with Crippen molar-refractivity contribution in [2.75, 3.05) is 11.4 Å². The third kappa shape index (κ3) is 2.29. The van der Waals surface area contributed by atoms with E-state index in [4.69, 9.17) is 11.6 Å². The van der Waals surface area contributed by atoms with Gasteiger partial charge in [-0.1, -0.05) is 11.6 Å². The molecule has 0 spiro atoms. The summed E-state index contributed by atoms with van der Waals surface area (Å²) in [5.41, 5.74) is 0.917. The average Bonchev–Trinajstić information content (AvgIpc) is 3.04. The number of hydrogen-bond donors (Lipinski definition) is 1. The minimum Gasteiger partial charge on any atom is -0.358 e. The summed E-state index contributed by atoms with van der Waals surface area (Å²) in [6.07, 6.45) is 7.52. The predicted octanol–water partition coefficient (Wildman–Crippen LogP) is 1.98. The van der Waals surface area contributed by atoms with Crippen LogP contribution in [-0.4, -0.2) is 29.5 Å². The molecule has 96 valence electrons. The van der Waals surface area contributed by atoms with Gasteiger partial charge in [-0.05, 0) is 31.7 Å². The number of rotatable bonds is 3. The van der Waals surface area contributed by atoms with Crippen LogP contribution in [0.25, 0.3) is 0 Å². The normalized spacial score (nSPS) is 23.2. The van der Waals surface area contributed by atoms with Gasteiger partial charge < -0.3 is 10.2 Å². The number of halogens is 1. The molecule has 2 heterocycles. The molecule has 0 bridgehead atoms. The van der Waals surface area contributed by atoms with Crippen LogP contribution in [0.15, 0.2) is 18.5 Å². The summed E-state index contributed by atoms with van der Waals surface area (Å²) in [4.78, 5) is 18.3. The number of nitrogens with zero attached hydrogens (tertiary/aromatic N) is 2. The van der Waals surface area contributed by atoms with Crippen LogP contribution < -0.4 is 10.2 Å². The van der Waals surface area contributed by atoms with Crippen LogP contribution >= 0.6 is 11.6 Å². The van der Waals surface area contributed by atoms with Crippen LogP contribution in [0.3, 0.4) is 0 Å². The lowest BCUT2D eigenvalue weighted by Gasteiger charge is -2.26. The molecule has 5 heteroatoms. The molecule has 1 saturated carbocycles. The van der Waals surface area contributed by atoms with E-state index in [1.54, 1.807) is 12.4 Å². The molecule has 2 aliphatic rings. The number of carbonyl (C=O) groups excluding carboxylic acids is 1. The summed E-state index contributed by atoms with van der Waals surface area (Å²) in [6, 6.07) is 2.21. The lowest BCUT2D eigenvalue weighted by atomic mass is 10.2. The van der Waals surface area contributed by atoms with E-state index in [9.17, 15) is 4.79 Å². The first-order chi connectivity index (χ1) is 8.75. The predicted molar refractivity (Wildman–Crippen MR) is 70.8 cm³/mol. The Morgan fingerprint density at radius 1 is 1.44 bits per heavy atom. The van der Waals surface area contributed by atoms with E-state index in [0.29, 0.717) is 11.1 Å². The molecule has 1 N–H and O–H groups in total. The molecule has 0 radical (unpaired) electrons. The number of pyridine rings is 1. The van der Waals surface area contributed by atoms with E-state index in [-0.39, 0.29) is 11.9 Å². The summed E-state index contributed by atoms with van der Waals surface area (Å²) < 4.78 is 0. The summed E-state index contributed by atoms with van der Waals surface area (Å²) in [5, 5.41) is 3.69. The van der Waals surface area contributed by atoms with Gasteiger partial charge >= 0.3 is 0 Å². The van der Waals surface area contributed by atoms with E-state index >= 15 is 0 Å². The number of carbonyl (C=O) groups is 1. The van der Waals surface area contributed by atoms with E-state index in [1.165, 1.54) is 0 Å². The molecule has 3 rings (SSSR count). The minimum absolute atomic E-state index is 0.0782. The monoisotopic (exact) mass is 265 g/mol. The van der Waals surface area contributed by atoms with Crippen molar-refractivity contribution in [3.05, 3.63) is 23.5 Å². The number of amides is 1. The second-order valence-electron chi connectivity index (χ2n) is 4.96. The van der Waals surface area contributed by atoms with Crippen molar-refractivity contribution in [2.24, 2.45) is 0 Å². The van der Waals surface area contributed by atoms with Crippen molar-refractivity contribution in [3.8, 4) is 0 Å². The Hall–Kier alpha value is -1.29. The quantitative estimate of drug-likeness (QED) is 0.909. The van der Waals surface area contributed by atoms with E-state index < -0.39 is 0 Å². The molecule has 1 amide bonds. The molecule has 2 fully saturated rings. The van der Waals surface area contributed by atoms with Crippen LogP contribution in [0.2, 0.25) is 5.02 Å². The highest BCUT2D eigenvalue weighted by atomic mass is 35.5. The highest BCUT2D eigenvalue weighted by molar-refractivity contribution is 6.33. The molecule has 1 aliphatic carbocycles. The van der Waals surface area contributed by atoms with Crippen molar-refractivity contribution in [1.29, 1.82) is 0 Å². The highest BCUT2D eigenvalue weighted by Gasteiger charge is 2.34. The summed E-state index contributed by atoms with van der Waals surface area (Å²) in [6.45, 7) is 0.881. The van der Waals surface area contributed by atoms with Gasteiger partial charge in [-0.15, -0.1) is 0 Å². The first kappa shape index (κ1) is 11.8. The van der Waals surface area contributed by atoms with E-state index in [2.05, 4.69) is 15.2 Å². The van der Waals surface area contributed by atoms with Gasteiger partial charge in [0.2, 0.25) is 5.91 Å². The zero-order chi connectivity index (χ0) is 12.5. The Morgan fingerprint density at radius 2 is 2.28 bits per heavy atom. The Morgan fingerprint density at radius 3 is 3.00 bits per heavy atom. The topological polar surface area (TPSA) is 45.2 Å². The number of aromatic nitrogens is 1. The molecule has 1 aromatic heterocycles. The highest BCUT2D eigenvalue weighted by Crippen LogP contribution is 2.31. The maximum absolute atomic E-state index is 12.2. The van der Waals surface area contributed by atoms with Gasteiger partial charge in [0, 0.05) is 25.0 Å². The summed E-state index contributed by atoms with van der Waals surface area (Å²) in [7, 11) is 0. The van der Waals surface area contributed by atoms with Crippen LogP contribution in [0, 0.1) is 0 Å². The molecule has 0 aromatic carbocycles. The molecule has 1 aliphatic heterocycles. The fourth-order valence-corrected chi connectivity index (χ4v) is 2.68. The minimum atomic E-state index is -0.0782. The van der Waals surface area contributed by atoms with Gasteiger partial charge in [0.25, 0.3) is 0 Å². The van der Waals surface area contributed by atoms with Gasteiger partial charge in [-0.25, -0.2) is 0 Å². The van der Waals surface area contributed by atoms with Crippen molar-refractivity contribution in [2.45, 2.75) is 37.8 Å². The van der Waals surface area contributed by atoms with Crippen LogP contribution in [0.5, 0.6) is 0 Å². The standard InChI is InChI=1S/C13H16ClN3O/c14-10-8-15-6-5-11(10)17-7-1-2-12(17)13(18)16-9-3-4-9/h5-6,8-9,12H,1-4,7H2,(H,16,18). The lowest BCUT2D eigenvalue weighted by Crippen LogP contribution is -2.44. The molecular weight excluding hydrogens is 250 g/mol. The number of nitrogens with one attached hydrogen (secondary N) is 1. The molecule has 4 nitrogen and oxygen atoms in total. The van der Waals surface area contributed by atoms with Crippen molar-refractivity contribution in [1.82, 2.24) is 10.3 Å². The lowest BCUT2D eigenvalue weighted by molar-refractivity contribution is -0.122. The van der Waals surface area contributed by atoms with Gasteiger partial charge in [-0.2, -0.15) is 0 Å². The largest absolute Gasteiger partial charge is 0.358 e. The molecular formula is C13H16ClN3O. The first-order valence-electron chi connectivity index (χ1n) is 6.42. The molecule has 1 unspecified atom stereocenters. The number of anilines is 1. The second-order valence-corrected chi connectivity index (χ2v) is 5.37. The fourth-order valence-electron chi connectivity index (χ4n) is 2.45. The second kappa shape index (κ2) is 4.76. The summed E-state index contributed by atoms with van der Waals surface area (Å²) in [5.74, 6) is 0.142. The van der Waals surface area contributed by atoms with Gasteiger partial charge in [-0.3, -0.25) is 9.78 Å². The summed E-state index contributed by atoms with van der Waals surface area (Å²) >= 11 is 6.16. The third-order valence-electron chi connectivity index (χ3n) is 3.54. The molecule has 1 atom stereocenters. The third-order valence-corrected chi connectivity index (χ3v) is 3.83. The van der Waals surface area contributed by atoms with E-state index in [0.717, 1.165) is 37.9 Å². The Bertz CT molecular complexity index is 461.